The number of benzene rings is 1. The standard InChI is InChI=1S/C18H16N6/c1-23(12-14-7-9-19-10-8-14)17-11-16(15-5-3-2-4-6-15)22-24-13-20-21-18(17)24/h2-11,13H,12H2,1H3. The van der Waals surface area contributed by atoms with E-state index in [4.69, 9.17) is 0 Å². The van der Waals surface area contributed by atoms with Crippen LogP contribution >= 0.6 is 0 Å². The number of nitrogens with zero attached hydrogens (tertiary/aromatic N) is 6. The molecule has 0 unspecified atom stereocenters. The fourth-order valence-electron chi connectivity index (χ4n) is 2.69. The second kappa shape index (κ2) is 6.08. The third-order valence-electron chi connectivity index (χ3n) is 3.90. The lowest BCUT2D eigenvalue weighted by Crippen LogP contribution is -2.18. The molecule has 4 rings (SSSR count). The van der Waals surface area contributed by atoms with E-state index in [1.807, 2.05) is 49.5 Å². The Morgan fingerprint density at radius 2 is 1.83 bits per heavy atom. The summed E-state index contributed by atoms with van der Waals surface area (Å²) in [6.45, 7) is 0.753. The highest BCUT2D eigenvalue weighted by Crippen LogP contribution is 2.26. The summed E-state index contributed by atoms with van der Waals surface area (Å²) in [4.78, 5) is 6.21. The Morgan fingerprint density at radius 1 is 1.04 bits per heavy atom. The maximum absolute atomic E-state index is 4.61. The van der Waals surface area contributed by atoms with E-state index in [0.29, 0.717) is 0 Å². The second-order valence-corrected chi connectivity index (χ2v) is 5.59. The largest absolute Gasteiger partial charge is 0.367 e. The summed E-state index contributed by atoms with van der Waals surface area (Å²) >= 11 is 0. The van der Waals surface area contributed by atoms with Crippen LogP contribution in [0.2, 0.25) is 0 Å². The summed E-state index contributed by atoms with van der Waals surface area (Å²) in [6.07, 6.45) is 5.24. The van der Waals surface area contributed by atoms with Crippen molar-refractivity contribution in [2.75, 3.05) is 11.9 Å². The molecule has 0 atom stereocenters. The molecule has 1 aromatic carbocycles. The lowest BCUT2D eigenvalue weighted by molar-refractivity contribution is 0.888. The first-order chi connectivity index (χ1) is 11.8. The zero-order chi connectivity index (χ0) is 16.4. The van der Waals surface area contributed by atoms with E-state index in [-0.39, 0.29) is 0 Å². The van der Waals surface area contributed by atoms with E-state index in [9.17, 15) is 0 Å². The summed E-state index contributed by atoms with van der Waals surface area (Å²) < 4.78 is 1.72. The van der Waals surface area contributed by atoms with Crippen LogP contribution < -0.4 is 4.90 Å². The van der Waals surface area contributed by atoms with Crippen molar-refractivity contribution >= 4 is 11.3 Å². The molecule has 0 saturated carbocycles. The highest BCUT2D eigenvalue weighted by atomic mass is 15.4. The monoisotopic (exact) mass is 316 g/mol. The van der Waals surface area contributed by atoms with Crippen LogP contribution in [0.5, 0.6) is 0 Å². The highest BCUT2D eigenvalue weighted by molar-refractivity contribution is 5.74. The van der Waals surface area contributed by atoms with Gasteiger partial charge in [0.25, 0.3) is 0 Å². The molecule has 0 aliphatic rings. The SMILES string of the molecule is CN(Cc1ccncc1)c1cc(-c2ccccc2)nn2cnnc12. The normalized spacial score (nSPS) is 10.9. The minimum atomic E-state index is 0.742. The topological polar surface area (TPSA) is 59.2 Å². The zero-order valence-electron chi connectivity index (χ0n) is 13.2. The van der Waals surface area contributed by atoms with Gasteiger partial charge in [-0.1, -0.05) is 30.3 Å². The molecule has 0 N–H and O–H groups in total. The second-order valence-electron chi connectivity index (χ2n) is 5.59. The molecule has 6 nitrogen and oxygen atoms in total. The van der Waals surface area contributed by atoms with Crippen LogP contribution in [-0.4, -0.2) is 31.8 Å². The average molecular weight is 316 g/mol. The number of hydrogen-bond acceptors (Lipinski definition) is 5. The van der Waals surface area contributed by atoms with Gasteiger partial charge in [-0.15, -0.1) is 10.2 Å². The van der Waals surface area contributed by atoms with E-state index in [1.165, 1.54) is 5.56 Å². The summed E-state index contributed by atoms with van der Waals surface area (Å²) in [5, 5.41) is 12.8. The van der Waals surface area contributed by atoms with Crippen LogP contribution in [0.3, 0.4) is 0 Å². The molecule has 0 saturated heterocycles. The van der Waals surface area contributed by atoms with Gasteiger partial charge >= 0.3 is 0 Å². The van der Waals surface area contributed by atoms with Crippen LogP contribution in [0.4, 0.5) is 5.69 Å². The van der Waals surface area contributed by atoms with E-state index in [0.717, 1.165) is 29.1 Å². The molecule has 118 valence electrons. The smallest absolute Gasteiger partial charge is 0.200 e. The Bertz CT molecular complexity index is 949. The van der Waals surface area contributed by atoms with Gasteiger partial charge in [0.05, 0.1) is 11.4 Å². The third-order valence-corrected chi connectivity index (χ3v) is 3.90. The van der Waals surface area contributed by atoms with E-state index < -0.39 is 0 Å². The Balaban J connectivity index is 1.77. The lowest BCUT2D eigenvalue weighted by atomic mass is 10.1. The first kappa shape index (κ1) is 14.3. The molecule has 3 heterocycles. The van der Waals surface area contributed by atoms with Crippen molar-refractivity contribution in [2.24, 2.45) is 0 Å². The minimum absolute atomic E-state index is 0.742. The van der Waals surface area contributed by atoms with E-state index in [1.54, 1.807) is 23.2 Å². The van der Waals surface area contributed by atoms with Crippen LogP contribution in [-0.2, 0) is 6.54 Å². The molecule has 3 aromatic heterocycles. The van der Waals surface area contributed by atoms with Crippen molar-refractivity contribution in [2.45, 2.75) is 6.54 Å². The first-order valence-corrected chi connectivity index (χ1v) is 7.68. The quantitative estimate of drug-likeness (QED) is 0.579. The molecule has 0 bridgehead atoms. The number of anilines is 1. The Hall–Kier alpha value is -3.28. The number of aromatic nitrogens is 5. The summed E-state index contributed by atoms with van der Waals surface area (Å²) in [5.74, 6) is 0. The maximum atomic E-state index is 4.61. The fourth-order valence-corrected chi connectivity index (χ4v) is 2.69. The summed E-state index contributed by atoms with van der Waals surface area (Å²) in [7, 11) is 2.04. The van der Waals surface area contributed by atoms with Crippen LogP contribution in [0.15, 0.2) is 67.3 Å². The lowest BCUT2D eigenvalue weighted by Gasteiger charge is -2.20. The Kier molecular flexibility index (Phi) is 3.63. The minimum Gasteiger partial charge on any atom is -0.367 e. The van der Waals surface area contributed by atoms with Crippen molar-refractivity contribution in [1.29, 1.82) is 0 Å². The molecule has 0 spiro atoms. The fraction of sp³-hybridized carbons (Fsp3) is 0.111. The number of fused-ring (bicyclic) bond motifs is 1. The molecule has 0 aliphatic carbocycles. The van der Waals surface area contributed by atoms with Gasteiger partial charge in [0, 0.05) is 31.5 Å². The number of rotatable bonds is 4. The summed E-state index contributed by atoms with van der Waals surface area (Å²) in [5.41, 5.74) is 4.86. The van der Waals surface area contributed by atoms with Crippen molar-refractivity contribution in [3.63, 3.8) is 0 Å². The Labute approximate surface area is 139 Å². The molecule has 0 radical (unpaired) electrons. The highest BCUT2D eigenvalue weighted by Gasteiger charge is 2.13. The number of pyridine rings is 1. The molecule has 0 fully saturated rings. The van der Waals surface area contributed by atoms with Gasteiger partial charge in [-0.3, -0.25) is 4.98 Å². The zero-order valence-corrected chi connectivity index (χ0v) is 13.2. The maximum Gasteiger partial charge on any atom is 0.200 e. The molecule has 4 aromatic rings. The van der Waals surface area contributed by atoms with Gasteiger partial charge in [0.1, 0.15) is 6.33 Å². The van der Waals surface area contributed by atoms with Gasteiger partial charge in [0.15, 0.2) is 0 Å². The van der Waals surface area contributed by atoms with E-state index >= 15 is 0 Å². The van der Waals surface area contributed by atoms with E-state index in [2.05, 4.69) is 31.2 Å². The molecule has 24 heavy (non-hydrogen) atoms. The molecule has 0 aliphatic heterocycles. The molecule has 6 heteroatoms. The van der Waals surface area contributed by atoms with Gasteiger partial charge in [-0.25, -0.2) is 0 Å². The number of hydrogen-bond donors (Lipinski definition) is 0. The predicted octanol–water partition coefficient (Wildman–Crippen LogP) is 2.82. The van der Waals surface area contributed by atoms with Crippen LogP contribution in [0, 0.1) is 0 Å². The van der Waals surface area contributed by atoms with Crippen molar-refractivity contribution in [3.05, 3.63) is 72.8 Å². The predicted molar refractivity (Wildman–Crippen MR) is 92.6 cm³/mol. The van der Waals surface area contributed by atoms with Crippen LogP contribution in [0.1, 0.15) is 5.56 Å². The van der Waals surface area contributed by atoms with Gasteiger partial charge in [0.2, 0.25) is 5.65 Å². The third kappa shape index (κ3) is 2.69. The van der Waals surface area contributed by atoms with Gasteiger partial charge < -0.3 is 4.90 Å². The first-order valence-electron chi connectivity index (χ1n) is 7.68. The van der Waals surface area contributed by atoms with Crippen LogP contribution in [0.25, 0.3) is 16.9 Å². The van der Waals surface area contributed by atoms with Gasteiger partial charge in [-0.05, 0) is 23.8 Å². The Morgan fingerprint density at radius 3 is 2.62 bits per heavy atom. The van der Waals surface area contributed by atoms with Gasteiger partial charge in [-0.2, -0.15) is 9.61 Å². The summed E-state index contributed by atoms with van der Waals surface area (Å²) in [6, 6.07) is 16.2. The van der Waals surface area contributed by atoms with Crippen molar-refractivity contribution < 1.29 is 0 Å². The molecular formula is C18H16N6. The molecular weight excluding hydrogens is 300 g/mol. The average Bonchev–Trinajstić information content (AvgIpc) is 3.11. The van der Waals surface area contributed by atoms with Crippen molar-refractivity contribution in [1.82, 2.24) is 24.8 Å². The molecule has 0 amide bonds. The van der Waals surface area contributed by atoms with Crippen molar-refractivity contribution in [3.8, 4) is 11.3 Å².